The van der Waals surface area contributed by atoms with Crippen LogP contribution in [0, 0.1) is 0 Å². The average molecular weight is 172 g/mol. The highest BCUT2D eigenvalue weighted by molar-refractivity contribution is 5.24. The molecule has 12 heavy (non-hydrogen) atoms. The maximum absolute atomic E-state index is 12.0. The summed E-state index contributed by atoms with van der Waals surface area (Å²) < 4.78 is 24.1. The highest BCUT2D eigenvalue weighted by Crippen LogP contribution is 2.20. The van der Waals surface area contributed by atoms with Crippen molar-refractivity contribution in [1.29, 1.82) is 0 Å². The summed E-state index contributed by atoms with van der Waals surface area (Å²) in [6.07, 6.45) is -3.04. The summed E-state index contributed by atoms with van der Waals surface area (Å²) in [6.45, 7) is 1.59. The topological polar surface area (TPSA) is 20.2 Å². The Kier molecular flexibility index (Phi) is 2.76. The normalized spacial score (nSPS) is 13.4. The van der Waals surface area contributed by atoms with Gasteiger partial charge in [0.15, 0.2) is 0 Å². The van der Waals surface area contributed by atoms with Crippen molar-refractivity contribution in [2.75, 3.05) is 0 Å². The van der Waals surface area contributed by atoms with Gasteiger partial charge in [0, 0.05) is 5.56 Å². The number of rotatable bonds is 2. The lowest BCUT2D eigenvalue weighted by atomic mass is 10.1. The van der Waals surface area contributed by atoms with E-state index in [4.69, 9.17) is 5.11 Å². The summed E-state index contributed by atoms with van der Waals surface area (Å²) in [4.78, 5) is 0. The van der Waals surface area contributed by atoms with Gasteiger partial charge in [-0.2, -0.15) is 0 Å². The van der Waals surface area contributed by atoms with Gasteiger partial charge in [-0.3, -0.25) is 0 Å². The molecule has 0 aliphatic heterocycles. The second kappa shape index (κ2) is 3.63. The Balaban J connectivity index is 2.86. The van der Waals surface area contributed by atoms with E-state index in [2.05, 4.69) is 0 Å². The fraction of sp³-hybridized carbons (Fsp3) is 0.333. The predicted molar refractivity (Wildman–Crippen MR) is 42.0 cm³/mol. The largest absolute Gasteiger partial charge is 0.389 e. The summed E-state index contributed by atoms with van der Waals surface area (Å²) in [5, 5.41) is 9.07. The van der Waals surface area contributed by atoms with Gasteiger partial charge in [-0.1, -0.05) is 24.3 Å². The number of benzene rings is 1. The van der Waals surface area contributed by atoms with E-state index in [9.17, 15) is 8.78 Å². The van der Waals surface area contributed by atoms with E-state index >= 15 is 0 Å². The molecule has 0 aliphatic carbocycles. The molecule has 0 spiro atoms. The number of alkyl halides is 2. The zero-order valence-corrected chi connectivity index (χ0v) is 6.67. The first-order valence-corrected chi connectivity index (χ1v) is 3.67. The lowest BCUT2D eigenvalue weighted by molar-refractivity contribution is 0.151. The molecule has 0 aromatic heterocycles. The highest BCUT2D eigenvalue weighted by atomic mass is 19.3. The maximum Gasteiger partial charge on any atom is 0.263 e. The van der Waals surface area contributed by atoms with Crippen molar-refractivity contribution in [3.05, 3.63) is 35.4 Å². The Labute approximate surface area is 69.7 Å². The van der Waals surface area contributed by atoms with Gasteiger partial charge in [-0.25, -0.2) is 8.78 Å². The Hall–Kier alpha value is -0.960. The molecule has 0 saturated heterocycles. The van der Waals surface area contributed by atoms with E-state index in [1.54, 1.807) is 6.92 Å². The van der Waals surface area contributed by atoms with Crippen LogP contribution in [0.5, 0.6) is 0 Å². The number of hydrogen-bond acceptors (Lipinski definition) is 1. The molecule has 1 rings (SSSR count). The third kappa shape index (κ3) is 2.01. The molecule has 0 amide bonds. The Morgan fingerprint density at radius 2 is 1.50 bits per heavy atom. The molecule has 1 aromatic carbocycles. The molecule has 0 saturated carbocycles. The van der Waals surface area contributed by atoms with Crippen molar-refractivity contribution in [1.82, 2.24) is 0 Å². The van der Waals surface area contributed by atoms with Gasteiger partial charge in [0.1, 0.15) is 0 Å². The molecule has 1 nitrogen and oxygen atoms in total. The average Bonchev–Trinajstić information content (AvgIpc) is 2.04. The fourth-order valence-corrected chi connectivity index (χ4v) is 0.920. The zero-order chi connectivity index (χ0) is 9.14. The van der Waals surface area contributed by atoms with Gasteiger partial charge >= 0.3 is 0 Å². The smallest absolute Gasteiger partial charge is 0.263 e. The van der Waals surface area contributed by atoms with Crippen LogP contribution in [-0.2, 0) is 0 Å². The molecule has 66 valence electrons. The maximum atomic E-state index is 12.0. The van der Waals surface area contributed by atoms with Crippen LogP contribution in [-0.4, -0.2) is 5.11 Å². The Bertz CT molecular complexity index is 214. The molecular formula is C9H10F2O. The number of halogens is 2. The summed E-state index contributed by atoms with van der Waals surface area (Å²) in [7, 11) is 0. The Morgan fingerprint density at radius 1 is 1.08 bits per heavy atom. The van der Waals surface area contributed by atoms with Gasteiger partial charge in [0.05, 0.1) is 6.10 Å². The summed E-state index contributed by atoms with van der Waals surface area (Å²) in [5.41, 5.74) is 0.638. The van der Waals surface area contributed by atoms with E-state index in [0.29, 0.717) is 5.56 Å². The van der Waals surface area contributed by atoms with E-state index < -0.39 is 12.5 Å². The highest BCUT2D eigenvalue weighted by Gasteiger charge is 2.06. The van der Waals surface area contributed by atoms with Crippen LogP contribution >= 0.6 is 0 Å². The van der Waals surface area contributed by atoms with E-state index in [1.807, 2.05) is 0 Å². The Morgan fingerprint density at radius 3 is 1.83 bits per heavy atom. The minimum absolute atomic E-state index is 0.0144. The van der Waals surface area contributed by atoms with Crippen molar-refractivity contribution in [2.45, 2.75) is 19.5 Å². The van der Waals surface area contributed by atoms with E-state index in [-0.39, 0.29) is 5.56 Å². The summed E-state index contributed by atoms with van der Waals surface area (Å²) in [6, 6.07) is 5.66. The standard InChI is InChI=1S/C9H10F2O/c1-6(12)7-2-4-8(5-3-7)9(10)11/h2-6,9,12H,1H3. The van der Waals surface area contributed by atoms with Crippen LogP contribution in [0.1, 0.15) is 30.6 Å². The lowest BCUT2D eigenvalue weighted by Gasteiger charge is -2.05. The molecule has 0 radical (unpaired) electrons. The van der Waals surface area contributed by atoms with Crippen LogP contribution < -0.4 is 0 Å². The minimum Gasteiger partial charge on any atom is -0.389 e. The van der Waals surface area contributed by atoms with Gasteiger partial charge in [0.2, 0.25) is 0 Å². The van der Waals surface area contributed by atoms with Crippen LogP contribution in [0.25, 0.3) is 0 Å². The van der Waals surface area contributed by atoms with Gasteiger partial charge in [0.25, 0.3) is 6.43 Å². The van der Waals surface area contributed by atoms with Crippen molar-refractivity contribution < 1.29 is 13.9 Å². The third-order valence-corrected chi connectivity index (χ3v) is 1.67. The van der Waals surface area contributed by atoms with Crippen LogP contribution in [0.3, 0.4) is 0 Å². The SMILES string of the molecule is CC(O)c1ccc(C(F)F)cc1. The van der Waals surface area contributed by atoms with E-state index in [1.165, 1.54) is 24.3 Å². The summed E-state index contributed by atoms with van der Waals surface area (Å²) in [5.74, 6) is 0. The predicted octanol–water partition coefficient (Wildman–Crippen LogP) is 2.68. The van der Waals surface area contributed by atoms with Crippen LogP contribution in [0.4, 0.5) is 8.78 Å². The van der Waals surface area contributed by atoms with Crippen molar-refractivity contribution in [3.8, 4) is 0 Å². The fourth-order valence-electron chi connectivity index (χ4n) is 0.920. The molecule has 3 heteroatoms. The third-order valence-electron chi connectivity index (χ3n) is 1.67. The number of hydrogen-bond donors (Lipinski definition) is 1. The quantitative estimate of drug-likeness (QED) is 0.727. The minimum atomic E-state index is -2.44. The van der Waals surface area contributed by atoms with Crippen molar-refractivity contribution in [3.63, 3.8) is 0 Å². The number of aliphatic hydroxyl groups excluding tert-OH is 1. The molecule has 0 heterocycles. The molecule has 0 aliphatic rings. The molecular weight excluding hydrogens is 162 g/mol. The van der Waals surface area contributed by atoms with E-state index in [0.717, 1.165) is 0 Å². The van der Waals surface area contributed by atoms with Gasteiger partial charge < -0.3 is 5.11 Å². The molecule has 1 aromatic rings. The monoisotopic (exact) mass is 172 g/mol. The number of aliphatic hydroxyl groups is 1. The zero-order valence-electron chi connectivity index (χ0n) is 6.67. The van der Waals surface area contributed by atoms with Crippen LogP contribution in [0.2, 0.25) is 0 Å². The van der Waals surface area contributed by atoms with Gasteiger partial charge in [-0.05, 0) is 12.5 Å². The second-order valence-electron chi connectivity index (χ2n) is 2.64. The van der Waals surface area contributed by atoms with Crippen LogP contribution in [0.15, 0.2) is 24.3 Å². The lowest BCUT2D eigenvalue weighted by Crippen LogP contribution is -1.91. The first-order valence-electron chi connectivity index (χ1n) is 3.67. The van der Waals surface area contributed by atoms with Gasteiger partial charge in [-0.15, -0.1) is 0 Å². The second-order valence-corrected chi connectivity index (χ2v) is 2.64. The van der Waals surface area contributed by atoms with Crippen molar-refractivity contribution in [2.24, 2.45) is 0 Å². The first-order chi connectivity index (χ1) is 5.61. The molecule has 1 atom stereocenters. The molecule has 0 fully saturated rings. The first kappa shape index (κ1) is 9.13. The summed E-state index contributed by atoms with van der Waals surface area (Å²) >= 11 is 0. The molecule has 1 unspecified atom stereocenters. The molecule has 1 N–H and O–H groups in total. The van der Waals surface area contributed by atoms with Crippen molar-refractivity contribution >= 4 is 0 Å². The molecule has 0 bridgehead atoms.